The number of carbonyl (C=O) groups is 1. The number of hydrogen-bond acceptors (Lipinski definition) is 5. The van der Waals surface area contributed by atoms with Crippen molar-refractivity contribution < 1.29 is 9.53 Å². The fourth-order valence-electron chi connectivity index (χ4n) is 3.25. The molecule has 0 aromatic carbocycles. The van der Waals surface area contributed by atoms with Crippen molar-refractivity contribution in [3.05, 3.63) is 23.9 Å². The summed E-state index contributed by atoms with van der Waals surface area (Å²) in [6.07, 6.45) is 1.72. The average molecular weight is 320 g/mol. The molecular formula is C17H28N4O2. The molecule has 128 valence electrons. The highest BCUT2D eigenvalue weighted by molar-refractivity contribution is 5.99. The van der Waals surface area contributed by atoms with Gasteiger partial charge in [0.2, 0.25) is 0 Å². The molecule has 0 N–H and O–H groups in total. The normalized spacial score (nSPS) is 22.2. The van der Waals surface area contributed by atoms with Gasteiger partial charge in [-0.3, -0.25) is 9.69 Å². The summed E-state index contributed by atoms with van der Waals surface area (Å²) in [6, 6.07) is 4.31. The number of rotatable bonds is 5. The molecule has 0 saturated carbocycles. The Hall–Kier alpha value is -1.66. The predicted octanol–water partition coefficient (Wildman–Crippen LogP) is 1.33. The highest BCUT2D eigenvalue weighted by Crippen LogP contribution is 2.21. The van der Waals surface area contributed by atoms with Crippen LogP contribution >= 0.6 is 0 Å². The number of aromatic nitrogens is 1. The number of methoxy groups -OCH3 is 1. The Labute approximate surface area is 139 Å². The Bertz CT molecular complexity index is 523. The van der Waals surface area contributed by atoms with Crippen molar-refractivity contribution in [2.24, 2.45) is 0 Å². The van der Waals surface area contributed by atoms with Crippen molar-refractivity contribution in [1.82, 2.24) is 14.8 Å². The second-order valence-electron chi connectivity index (χ2n) is 6.41. The van der Waals surface area contributed by atoms with Gasteiger partial charge in [-0.15, -0.1) is 0 Å². The number of ether oxygens (including phenoxy) is 1. The fourth-order valence-corrected chi connectivity index (χ4v) is 3.25. The number of hydrogen-bond donors (Lipinski definition) is 0. The SMILES string of the molecule is COCCN1C(C)CN(C(=O)c2cccnc2N(C)C)CC1C. The molecule has 0 bridgehead atoms. The lowest BCUT2D eigenvalue weighted by molar-refractivity contribution is 0.0193. The van der Waals surface area contributed by atoms with Crippen LogP contribution in [0.5, 0.6) is 0 Å². The molecule has 2 unspecified atom stereocenters. The van der Waals surface area contributed by atoms with Crippen LogP contribution in [0.4, 0.5) is 5.82 Å². The second kappa shape index (κ2) is 7.75. The molecule has 6 nitrogen and oxygen atoms in total. The van der Waals surface area contributed by atoms with E-state index in [0.717, 1.165) is 32.1 Å². The van der Waals surface area contributed by atoms with Gasteiger partial charge in [0.05, 0.1) is 12.2 Å². The number of pyridine rings is 1. The number of nitrogens with zero attached hydrogens (tertiary/aromatic N) is 4. The zero-order chi connectivity index (χ0) is 17.0. The van der Waals surface area contributed by atoms with Crippen LogP contribution < -0.4 is 4.90 Å². The first kappa shape index (κ1) is 17.7. The van der Waals surface area contributed by atoms with Gasteiger partial charge in [0.15, 0.2) is 0 Å². The van der Waals surface area contributed by atoms with Crippen LogP contribution in [-0.4, -0.2) is 80.2 Å². The van der Waals surface area contributed by atoms with Gasteiger partial charge in [-0.1, -0.05) is 0 Å². The largest absolute Gasteiger partial charge is 0.383 e. The summed E-state index contributed by atoms with van der Waals surface area (Å²) in [4.78, 5) is 23.5. The zero-order valence-electron chi connectivity index (χ0n) is 14.8. The van der Waals surface area contributed by atoms with Gasteiger partial charge in [0, 0.05) is 59.1 Å². The van der Waals surface area contributed by atoms with E-state index in [4.69, 9.17) is 4.74 Å². The molecule has 2 rings (SSSR count). The van der Waals surface area contributed by atoms with Gasteiger partial charge in [0.1, 0.15) is 5.82 Å². The summed E-state index contributed by atoms with van der Waals surface area (Å²) < 4.78 is 5.19. The molecule has 1 aliphatic rings. The number of carbonyl (C=O) groups excluding carboxylic acids is 1. The summed E-state index contributed by atoms with van der Waals surface area (Å²) in [7, 11) is 5.54. The Morgan fingerprint density at radius 3 is 2.57 bits per heavy atom. The fraction of sp³-hybridized carbons (Fsp3) is 0.647. The highest BCUT2D eigenvalue weighted by atomic mass is 16.5. The standard InChI is InChI=1S/C17H28N4O2/c1-13-11-20(12-14(2)21(13)9-10-23-5)17(22)15-7-6-8-18-16(15)19(3)4/h6-8,13-14H,9-12H2,1-5H3. The minimum absolute atomic E-state index is 0.0619. The van der Waals surface area contributed by atoms with Crippen molar-refractivity contribution in [3.63, 3.8) is 0 Å². The third-order valence-electron chi connectivity index (χ3n) is 4.38. The maximum absolute atomic E-state index is 13.0. The Kier molecular flexibility index (Phi) is 5.96. The van der Waals surface area contributed by atoms with E-state index in [-0.39, 0.29) is 5.91 Å². The van der Waals surface area contributed by atoms with Crippen molar-refractivity contribution in [3.8, 4) is 0 Å². The van der Waals surface area contributed by atoms with E-state index in [1.807, 2.05) is 36.0 Å². The molecule has 6 heteroatoms. The molecule has 23 heavy (non-hydrogen) atoms. The molecule has 0 aliphatic carbocycles. The first-order valence-electron chi connectivity index (χ1n) is 8.12. The lowest BCUT2D eigenvalue weighted by Crippen LogP contribution is -2.58. The summed E-state index contributed by atoms with van der Waals surface area (Å²) in [5, 5.41) is 0. The van der Waals surface area contributed by atoms with E-state index in [1.54, 1.807) is 13.3 Å². The Morgan fingerprint density at radius 1 is 1.35 bits per heavy atom. The lowest BCUT2D eigenvalue weighted by atomic mass is 10.1. The molecule has 0 spiro atoms. The summed E-state index contributed by atoms with van der Waals surface area (Å²) in [5.41, 5.74) is 0.669. The van der Waals surface area contributed by atoms with Gasteiger partial charge in [-0.25, -0.2) is 4.98 Å². The maximum Gasteiger partial charge on any atom is 0.257 e. The first-order valence-corrected chi connectivity index (χ1v) is 8.12. The predicted molar refractivity (Wildman–Crippen MR) is 92.0 cm³/mol. The number of amides is 1. The van der Waals surface area contributed by atoms with Crippen LogP contribution in [0.3, 0.4) is 0 Å². The van der Waals surface area contributed by atoms with Crippen LogP contribution in [0, 0.1) is 0 Å². The van der Waals surface area contributed by atoms with Crippen molar-refractivity contribution in [2.75, 3.05) is 52.3 Å². The molecule has 2 heterocycles. The smallest absolute Gasteiger partial charge is 0.257 e. The molecule has 1 aromatic rings. The van der Waals surface area contributed by atoms with Crippen LogP contribution in [0.1, 0.15) is 24.2 Å². The van der Waals surface area contributed by atoms with Crippen LogP contribution in [0.15, 0.2) is 18.3 Å². The molecular weight excluding hydrogens is 292 g/mol. The molecule has 1 amide bonds. The van der Waals surface area contributed by atoms with Crippen LogP contribution in [-0.2, 0) is 4.74 Å². The molecule has 1 aliphatic heterocycles. The maximum atomic E-state index is 13.0. The summed E-state index contributed by atoms with van der Waals surface area (Å²) in [5.74, 6) is 0.784. The molecule has 0 radical (unpaired) electrons. The lowest BCUT2D eigenvalue weighted by Gasteiger charge is -2.44. The van der Waals surface area contributed by atoms with Crippen LogP contribution in [0.2, 0.25) is 0 Å². The third-order valence-corrected chi connectivity index (χ3v) is 4.38. The molecule has 1 aromatic heterocycles. The van der Waals surface area contributed by atoms with E-state index < -0.39 is 0 Å². The average Bonchev–Trinajstić information content (AvgIpc) is 2.53. The Morgan fingerprint density at radius 2 is 2.00 bits per heavy atom. The van der Waals surface area contributed by atoms with Gasteiger partial charge in [0.25, 0.3) is 5.91 Å². The van der Waals surface area contributed by atoms with Crippen molar-refractivity contribution in [1.29, 1.82) is 0 Å². The van der Waals surface area contributed by atoms with Crippen molar-refractivity contribution in [2.45, 2.75) is 25.9 Å². The number of piperazine rings is 1. The quantitative estimate of drug-likeness (QED) is 0.819. The molecule has 2 atom stereocenters. The van der Waals surface area contributed by atoms with E-state index >= 15 is 0 Å². The summed E-state index contributed by atoms with van der Waals surface area (Å²) in [6.45, 7) is 7.42. The first-order chi connectivity index (χ1) is 11.0. The molecule has 1 fully saturated rings. The highest BCUT2D eigenvalue weighted by Gasteiger charge is 2.32. The minimum atomic E-state index is 0.0619. The monoisotopic (exact) mass is 320 g/mol. The second-order valence-corrected chi connectivity index (χ2v) is 6.41. The molecule has 1 saturated heterocycles. The van der Waals surface area contributed by atoms with Crippen molar-refractivity contribution >= 4 is 11.7 Å². The van der Waals surface area contributed by atoms with E-state index in [9.17, 15) is 4.79 Å². The van der Waals surface area contributed by atoms with E-state index in [2.05, 4.69) is 23.7 Å². The summed E-state index contributed by atoms with van der Waals surface area (Å²) >= 11 is 0. The van der Waals surface area contributed by atoms with Gasteiger partial charge in [-0.05, 0) is 26.0 Å². The van der Waals surface area contributed by atoms with E-state index in [1.165, 1.54) is 0 Å². The number of anilines is 1. The van der Waals surface area contributed by atoms with Gasteiger partial charge in [-0.2, -0.15) is 0 Å². The third kappa shape index (κ3) is 4.00. The van der Waals surface area contributed by atoms with Gasteiger partial charge < -0.3 is 14.5 Å². The van der Waals surface area contributed by atoms with E-state index in [0.29, 0.717) is 17.6 Å². The minimum Gasteiger partial charge on any atom is -0.383 e. The Balaban J connectivity index is 2.13. The van der Waals surface area contributed by atoms with Crippen LogP contribution in [0.25, 0.3) is 0 Å². The van der Waals surface area contributed by atoms with Gasteiger partial charge >= 0.3 is 0 Å². The topological polar surface area (TPSA) is 48.9 Å². The zero-order valence-corrected chi connectivity index (χ0v) is 14.8.